The minimum Gasteiger partial charge on any atom is -0.503 e. The van der Waals surface area contributed by atoms with Gasteiger partial charge in [-0.3, -0.25) is 4.79 Å². The van der Waals surface area contributed by atoms with Gasteiger partial charge in [0.05, 0.1) is 30.1 Å². The van der Waals surface area contributed by atoms with E-state index in [2.05, 4.69) is 5.32 Å². The molecule has 0 unspecified atom stereocenters. The van der Waals surface area contributed by atoms with E-state index in [1.807, 2.05) is 19.9 Å². The third-order valence-electron chi connectivity index (χ3n) is 4.28. The number of hydrogen-bond donors (Lipinski definition) is 2. The molecule has 3 rings (SSSR count). The summed E-state index contributed by atoms with van der Waals surface area (Å²) in [6.45, 7) is 5.61. The van der Waals surface area contributed by atoms with Crippen molar-refractivity contribution in [1.29, 1.82) is 0 Å². The molecule has 0 saturated carbocycles. The van der Waals surface area contributed by atoms with E-state index in [0.717, 1.165) is 10.9 Å². The number of aromatic nitrogens is 1. The fourth-order valence-corrected chi connectivity index (χ4v) is 3.32. The lowest BCUT2D eigenvalue weighted by Crippen LogP contribution is -2.07. The Balaban J connectivity index is 2.26. The summed E-state index contributed by atoms with van der Waals surface area (Å²) in [7, 11) is 1.57. The predicted octanol–water partition coefficient (Wildman–Crippen LogP) is 4.93. The molecular weight excluding hydrogens is 380 g/mol. The lowest BCUT2D eigenvalue weighted by atomic mass is 10.0. The molecule has 6 nitrogen and oxygen atoms in total. The molecule has 0 fully saturated rings. The van der Waals surface area contributed by atoms with E-state index in [4.69, 9.17) is 26.1 Å². The summed E-state index contributed by atoms with van der Waals surface area (Å²) in [5, 5.41) is 13.9. The Labute approximate surface area is 168 Å². The quantitative estimate of drug-likeness (QED) is 0.634. The number of carbonyl (C=O) groups is 1. The van der Waals surface area contributed by atoms with E-state index in [1.165, 1.54) is 6.92 Å². The highest BCUT2D eigenvalue weighted by Crippen LogP contribution is 2.40. The summed E-state index contributed by atoms with van der Waals surface area (Å²) < 4.78 is 10.9. The van der Waals surface area contributed by atoms with Crippen molar-refractivity contribution in [2.45, 2.75) is 20.8 Å². The Morgan fingerprint density at radius 2 is 2.00 bits per heavy atom. The standard InChI is InChI=1S/C21H21ClN2O4/c1-5-28-18-10-13(9-14(22)21(18)26)16-8-11(2)19-15(23-12(3)25)6-7-17(27-4)20(19)24-16/h6-10,26H,5H2,1-4H3,(H,23,25). The van der Waals surface area contributed by atoms with Crippen molar-refractivity contribution in [3.8, 4) is 28.5 Å². The number of aryl methyl sites for hydroxylation is 1. The zero-order chi connectivity index (χ0) is 20.4. The SMILES string of the molecule is CCOc1cc(-c2cc(C)c3c(NC(C)=O)ccc(OC)c3n2)cc(Cl)c1O. The van der Waals surface area contributed by atoms with E-state index in [0.29, 0.717) is 40.6 Å². The maximum absolute atomic E-state index is 11.6. The topological polar surface area (TPSA) is 80.7 Å². The molecular formula is C21H21ClN2O4. The monoisotopic (exact) mass is 400 g/mol. The zero-order valence-electron chi connectivity index (χ0n) is 16.1. The number of amides is 1. The molecule has 146 valence electrons. The molecule has 2 aromatic carbocycles. The van der Waals surface area contributed by atoms with Gasteiger partial charge in [-0.05, 0) is 49.7 Å². The van der Waals surface area contributed by atoms with Crippen LogP contribution in [-0.4, -0.2) is 29.7 Å². The molecule has 0 bridgehead atoms. The minimum absolute atomic E-state index is 0.102. The van der Waals surface area contributed by atoms with Gasteiger partial charge in [0.25, 0.3) is 0 Å². The first-order valence-electron chi connectivity index (χ1n) is 8.77. The van der Waals surface area contributed by atoms with Crippen LogP contribution in [-0.2, 0) is 4.79 Å². The molecule has 7 heteroatoms. The molecule has 0 aliphatic carbocycles. The van der Waals surface area contributed by atoms with E-state index < -0.39 is 0 Å². The number of rotatable bonds is 5. The van der Waals surface area contributed by atoms with E-state index in [-0.39, 0.29) is 16.7 Å². The second-order valence-corrected chi connectivity index (χ2v) is 6.69. The number of anilines is 1. The third kappa shape index (κ3) is 3.68. The van der Waals surface area contributed by atoms with E-state index in [9.17, 15) is 9.90 Å². The number of nitrogens with zero attached hydrogens (tertiary/aromatic N) is 1. The number of nitrogens with one attached hydrogen (secondary N) is 1. The van der Waals surface area contributed by atoms with E-state index >= 15 is 0 Å². The van der Waals surface area contributed by atoms with Crippen molar-refractivity contribution >= 4 is 34.1 Å². The Morgan fingerprint density at radius 3 is 2.64 bits per heavy atom. The molecule has 28 heavy (non-hydrogen) atoms. The number of phenolic OH excluding ortho intramolecular Hbond substituents is 1. The highest BCUT2D eigenvalue weighted by molar-refractivity contribution is 6.32. The molecule has 0 radical (unpaired) electrons. The molecule has 0 aliphatic rings. The van der Waals surface area contributed by atoms with Crippen LogP contribution in [0.25, 0.3) is 22.2 Å². The van der Waals surface area contributed by atoms with Crippen LogP contribution < -0.4 is 14.8 Å². The van der Waals surface area contributed by atoms with E-state index in [1.54, 1.807) is 31.4 Å². The Hall–Kier alpha value is -2.99. The van der Waals surface area contributed by atoms with Crippen LogP contribution in [0.3, 0.4) is 0 Å². The summed E-state index contributed by atoms with van der Waals surface area (Å²) in [4.78, 5) is 16.3. The lowest BCUT2D eigenvalue weighted by molar-refractivity contribution is -0.114. The van der Waals surface area contributed by atoms with Gasteiger partial charge in [0.2, 0.25) is 5.91 Å². The van der Waals surface area contributed by atoms with Crippen molar-refractivity contribution in [3.63, 3.8) is 0 Å². The number of carbonyl (C=O) groups excluding carboxylic acids is 1. The number of methoxy groups -OCH3 is 1. The minimum atomic E-state index is -0.165. The third-order valence-corrected chi connectivity index (χ3v) is 4.56. The van der Waals surface area contributed by atoms with Crippen LogP contribution in [0.2, 0.25) is 5.02 Å². The number of benzene rings is 2. The summed E-state index contributed by atoms with van der Waals surface area (Å²) in [6.07, 6.45) is 0. The molecule has 3 aromatic rings. The molecule has 1 aromatic heterocycles. The highest BCUT2D eigenvalue weighted by atomic mass is 35.5. The number of ether oxygens (including phenoxy) is 2. The second-order valence-electron chi connectivity index (χ2n) is 6.28. The van der Waals surface area contributed by atoms with Crippen LogP contribution >= 0.6 is 11.6 Å². The predicted molar refractivity (Wildman–Crippen MR) is 111 cm³/mol. The molecule has 1 amide bonds. The first-order chi connectivity index (χ1) is 13.3. The summed E-state index contributed by atoms with van der Waals surface area (Å²) >= 11 is 6.17. The largest absolute Gasteiger partial charge is 0.503 e. The normalized spacial score (nSPS) is 10.8. The maximum Gasteiger partial charge on any atom is 0.221 e. The van der Waals surface area contributed by atoms with Gasteiger partial charge in [0, 0.05) is 17.9 Å². The number of pyridine rings is 1. The van der Waals surface area contributed by atoms with Crippen LogP contribution in [0.4, 0.5) is 5.69 Å². The average Bonchev–Trinajstić information content (AvgIpc) is 2.64. The van der Waals surface area contributed by atoms with Crippen LogP contribution in [0.1, 0.15) is 19.4 Å². The van der Waals surface area contributed by atoms with Crippen molar-refractivity contribution in [3.05, 3.63) is 40.9 Å². The maximum atomic E-state index is 11.6. The van der Waals surface area contributed by atoms with Gasteiger partial charge in [-0.25, -0.2) is 4.98 Å². The number of fused-ring (bicyclic) bond motifs is 1. The molecule has 1 heterocycles. The molecule has 0 spiro atoms. The van der Waals surface area contributed by atoms with Gasteiger partial charge >= 0.3 is 0 Å². The van der Waals surface area contributed by atoms with Gasteiger partial charge in [-0.15, -0.1) is 0 Å². The molecule has 0 saturated heterocycles. The first-order valence-corrected chi connectivity index (χ1v) is 9.15. The van der Waals surface area contributed by atoms with Crippen molar-refractivity contribution in [2.75, 3.05) is 19.0 Å². The first kappa shape index (κ1) is 19.8. The van der Waals surface area contributed by atoms with Gasteiger partial charge in [0.1, 0.15) is 11.3 Å². The van der Waals surface area contributed by atoms with Gasteiger partial charge in [-0.1, -0.05) is 11.6 Å². The van der Waals surface area contributed by atoms with Gasteiger partial charge < -0.3 is 19.9 Å². The summed E-state index contributed by atoms with van der Waals surface area (Å²) in [6, 6.07) is 8.78. The van der Waals surface area contributed by atoms with Crippen LogP contribution in [0.15, 0.2) is 30.3 Å². The van der Waals surface area contributed by atoms with Crippen molar-refractivity contribution < 1.29 is 19.4 Å². The molecule has 0 aliphatic heterocycles. The van der Waals surface area contributed by atoms with Gasteiger partial charge in [0.15, 0.2) is 11.5 Å². The fourth-order valence-electron chi connectivity index (χ4n) is 3.11. The van der Waals surface area contributed by atoms with Crippen LogP contribution in [0, 0.1) is 6.92 Å². The van der Waals surface area contributed by atoms with Crippen molar-refractivity contribution in [2.24, 2.45) is 0 Å². The number of halogens is 1. The van der Waals surface area contributed by atoms with Crippen molar-refractivity contribution in [1.82, 2.24) is 4.98 Å². The molecule has 0 atom stereocenters. The van der Waals surface area contributed by atoms with Crippen LogP contribution in [0.5, 0.6) is 17.2 Å². The number of aromatic hydroxyl groups is 1. The zero-order valence-corrected chi connectivity index (χ0v) is 16.8. The number of phenols is 1. The lowest BCUT2D eigenvalue weighted by Gasteiger charge is -2.15. The number of hydrogen-bond acceptors (Lipinski definition) is 5. The summed E-state index contributed by atoms with van der Waals surface area (Å²) in [5.41, 5.74) is 3.53. The molecule has 2 N–H and O–H groups in total. The Morgan fingerprint density at radius 1 is 1.25 bits per heavy atom. The highest BCUT2D eigenvalue weighted by Gasteiger charge is 2.16. The van der Waals surface area contributed by atoms with Gasteiger partial charge in [-0.2, -0.15) is 0 Å². The second kappa shape index (κ2) is 7.94. The average molecular weight is 401 g/mol. The fraction of sp³-hybridized carbons (Fsp3) is 0.238. The smallest absolute Gasteiger partial charge is 0.221 e. The Kier molecular flexibility index (Phi) is 5.61. The summed E-state index contributed by atoms with van der Waals surface area (Å²) in [5.74, 6) is 0.615. The Bertz CT molecular complexity index is 1070.